The first-order valence-corrected chi connectivity index (χ1v) is 6.57. The number of halogens is 1. The number of rotatable bonds is 3. The van der Waals surface area contributed by atoms with E-state index < -0.39 is 0 Å². The minimum absolute atomic E-state index is 0.713. The SMILES string of the molecule is CN1CCC=C(COc2ccccc2I)C1. The summed E-state index contributed by atoms with van der Waals surface area (Å²) in [6, 6.07) is 8.13. The van der Waals surface area contributed by atoms with Gasteiger partial charge in [0.15, 0.2) is 0 Å². The van der Waals surface area contributed by atoms with Crippen molar-refractivity contribution in [2.24, 2.45) is 0 Å². The molecule has 0 aliphatic carbocycles. The molecule has 0 bridgehead atoms. The van der Waals surface area contributed by atoms with E-state index in [1.54, 1.807) is 0 Å². The third-order valence-corrected chi connectivity index (χ3v) is 3.56. The van der Waals surface area contributed by atoms with E-state index in [0.29, 0.717) is 6.61 Å². The summed E-state index contributed by atoms with van der Waals surface area (Å²) in [7, 11) is 2.15. The molecule has 1 aliphatic heterocycles. The monoisotopic (exact) mass is 329 g/mol. The third kappa shape index (κ3) is 3.22. The van der Waals surface area contributed by atoms with E-state index in [4.69, 9.17) is 4.74 Å². The van der Waals surface area contributed by atoms with Crippen LogP contribution in [-0.2, 0) is 0 Å². The van der Waals surface area contributed by atoms with Crippen molar-refractivity contribution < 1.29 is 4.74 Å². The van der Waals surface area contributed by atoms with E-state index in [0.717, 1.165) is 25.3 Å². The van der Waals surface area contributed by atoms with E-state index >= 15 is 0 Å². The Morgan fingerprint density at radius 1 is 1.38 bits per heavy atom. The molecule has 16 heavy (non-hydrogen) atoms. The van der Waals surface area contributed by atoms with Gasteiger partial charge in [0.25, 0.3) is 0 Å². The minimum Gasteiger partial charge on any atom is -0.488 e. The maximum Gasteiger partial charge on any atom is 0.133 e. The van der Waals surface area contributed by atoms with Crippen LogP contribution in [0.5, 0.6) is 5.75 Å². The molecule has 0 unspecified atom stereocenters. The lowest BCUT2D eigenvalue weighted by molar-refractivity contribution is 0.301. The predicted molar refractivity (Wildman–Crippen MR) is 74.9 cm³/mol. The molecule has 1 aromatic rings. The Balaban J connectivity index is 1.92. The topological polar surface area (TPSA) is 12.5 Å². The molecule has 2 nitrogen and oxygen atoms in total. The molecular formula is C13H16INO. The van der Waals surface area contributed by atoms with E-state index in [2.05, 4.69) is 46.7 Å². The molecule has 1 heterocycles. The number of para-hydroxylation sites is 1. The molecule has 0 N–H and O–H groups in total. The van der Waals surface area contributed by atoms with Gasteiger partial charge in [0.05, 0.1) is 3.57 Å². The number of benzene rings is 1. The summed E-state index contributed by atoms with van der Waals surface area (Å²) < 4.78 is 6.99. The van der Waals surface area contributed by atoms with Gasteiger partial charge in [0.2, 0.25) is 0 Å². The fourth-order valence-corrected chi connectivity index (χ4v) is 2.36. The van der Waals surface area contributed by atoms with Crippen molar-refractivity contribution in [3.63, 3.8) is 0 Å². The Bertz CT molecular complexity index is 389. The molecular weight excluding hydrogens is 313 g/mol. The molecule has 0 fully saturated rings. The molecule has 0 radical (unpaired) electrons. The van der Waals surface area contributed by atoms with E-state index in [9.17, 15) is 0 Å². The second kappa shape index (κ2) is 5.68. The van der Waals surface area contributed by atoms with Gasteiger partial charge < -0.3 is 9.64 Å². The van der Waals surface area contributed by atoms with Crippen molar-refractivity contribution in [1.29, 1.82) is 0 Å². The van der Waals surface area contributed by atoms with Crippen LogP contribution in [-0.4, -0.2) is 31.6 Å². The standard InChI is InChI=1S/C13H16INO/c1-15-8-4-5-11(9-15)10-16-13-7-3-2-6-12(13)14/h2-3,5-7H,4,8-10H2,1H3. The molecule has 0 saturated carbocycles. The molecule has 0 amide bonds. The van der Waals surface area contributed by atoms with Crippen molar-refractivity contribution in [1.82, 2.24) is 4.90 Å². The molecule has 0 aromatic heterocycles. The van der Waals surface area contributed by atoms with Crippen molar-refractivity contribution in [2.45, 2.75) is 6.42 Å². The highest BCUT2D eigenvalue weighted by Gasteiger charge is 2.09. The van der Waals surface area contributed by atoms with Crippen LogP contribution >= 0.6 is 22.6 Å². The molecule has 1 aromatic carbocycles. The summed E-state index contributed by atoms with van der Waals surface area (Å²) in [4.78, 5) is 2.33. The highest BCUT2D eigenvalue weighted by Crippen LogP contribution is 2.20. The molecule has 0 saturated heterocycles. The quantitative estimate of drug-likeness (QED) is 0.625. The van der Waals surface area contributed by atoms with Crippen LogP contribution in [0.25, 0.3) is 0 Å². The van der Waals surface area contributed by atoms with Crippen LogP contribution in [0, 0.1) is 3.57 Å². The van der Waals surface area contributed by atoms with Crippen molar-refractivity contribution >= 4 is 22.6 Å². The van der Waals surface area contributed by atoms with Crippen LogP contribution in [0.15, 0.2) is 35.9 Å². The molecule has 86 valence electrons. The zero-order valence-electron chi connectivity index (χ0n) is 9.45. The Hall–Kier alpha value is -0.550. The Kier molecular flexibility index (Phi) is 4.23. The average Bonchev–Trinajstić information content (AvgIpc) is 2.28. The van der Waals surface area contributed by atoms with Gasteiger partial charge in [-0.25, -0.2) is 0 Å². The number of hydrogen-bond donors (Lipinski definition) is 0. The fraction of sp³-hybridized carbons (Fsp3) is 0.385. The van der Waals surface area contributed by atoms with Gasteiger partial charge in [0.1, 0.15) is 12.4 Å². The van der Waals surface area contributed by atoms with Crippen LogP contribution in [0.4, 0.5) is 0 Å². The predicted octanol–water partition coefficient (Wildman–Crippen LogP) is 2.93. The molecule has 0 atom stereocenters. The van der Waals surface area contributed by atoms with Gasteiger partial charge in [-0.1, -0.05) is 18.2 Å². The maximum absolute atomic E-state index is 5.82. The first-order valence-electron chi connectivity index (χ1n) is 5.49. The highest BCUT2D eigenvalue weighted by molar-refractivity contribution is 14.1. The van der Waals surface area contributed by atoms with Gasteiger partial charge in [-0.15, -0.1) is 0 Å². The lowest BCUT2D eigenvalue weighted by Gasteiger charge is -2.23. The van der Waals surface area contributed by atoms with E-state index in [-0.39, 0.29) is 0 Å². The van der Waals surface area contributed by atoms with E-state index in [1.807, 2.05) is 18.2 Å². The van der Waals surface area contributed by atoms with Gasteiger partial charge in [-0.2, -0.15) is 0 Å². The normalized spacial score (nSPS) is 17.0. The number of nitrogens with zero attached hydrogens (tertiary/aromatic N) is 1. The van der Waals surface area contributed by atoms with Gasteiger partial charge in [-0.3, -0.25) is 0 Å². The van der Waals surface area contributed by atoms with Crippen LogP contribution in [0.3, 0.4) is 0 Å². The Morgan fingerprint density at radius 3 is 2.94 bits per heavy atom. The first-order chi connectivity index (χ1) is 7.75. The fourth-order valence-electron chi connectivity index (χ4n) is 1.82. The summed E-state index contributed by atoms with van der Waals surface area (Å²) in [6.07, 6.45) is 3.44. The summed E-state index contributed by atoms with van der Waals surface area (Å²) in [5, 5.41) is 0. The lowest BCUT2D eigenvalue weighted by Crippen LogP contribution is -2.27. The van der Waals surface area contributed by atoms with Crippen molar-refractivity contribution in [3.8, 4) is 5.75 Å². The third-order valence-electron chi connectivity index (χ3n) is 2.67. The van der Waals surface area contributed by atoms with Crippen LogP contribution in [0.1, 0.15) is 6.42 Å². The number of ether oxygens (including phenoxy) is 1. The minimum atomic E-state index is 0.713. The Morgan fingerprint density at radius 2 is 2.19 bits per heavy atom. The average molecular weight is 329 g/mol. The highest BCUT2D eigenvalue weighted by atomic mass is 127. The largest absolute Gasteiger partial charge is 0.488 e. The summed E-state index contributed by atoms with van der Waals surface area (Å²) in [5.74, 6) is 0.984. The summed E-state index contributed by atoms with van der Waals surface area (Å²) in [6.45, 7) is 2.90. The summed E-state index contributed by atoms with van der Waals surface area (Å²) >= 11 is 2.30. The number of hydrogen-bond acceptors (Lipinski definition) is 2. The smallest absolute Gasteiger partial charge is 0.133 e. The molecule has 1 aliphatic rings. The van der Waals surface area contributed by atoms with Gasteiger partial charge in [-0.05, 0) is 53.8 Å². The second-order valence-corrected chi connectivity index (χ2v) is 5.27. The van der Waals surface area contributed by atoms with Gasteiger partial charge in [0, 0.05) is 13.1 Å². The van der Waals surface area contributed by atoms with Crippen LogP contribution in [0.2, 0.25) is 0 Å². The Labute approximate surface area is 110 Å². The summed E-state index contributed by atoms with van der Waals surface area (Å²) in [5.41, 5.74) is 1.38. The van der Waals surface area contributed by atoms with Crippen molar-refractivity contribution in [2.75, 3.05) is 26.7 Å². The lowest BCUT2D eigenvalue weighted by atomic mass is 10.1. The maximum atomic E-state index is 5.82. The second-order valence-electron chi connectivity index (χ2n) is 4.11. The number of likely N-dealkylation sites (N-methyl/N-ethyl adjacent to an activating group) is 1. The van der Waals surface area contributed by atoms with Gasteiger partial charge >= 0.3 is 0 Å². The van der Waals surface area contributed by atoms with E-state index in [1.165, 1.54) is 9.14 Å². The first kappa shape index (κ1) is 11.9. The molecule has 2 rings (SSSR count). The van der Waals surface area contributed by atoms with Crippen molar-refractivity contribution in [3.05, 3.63) is 39.5 Å². The zero-order valence-corrected chi connectivity index (χ0v) is 11.6. The van der Waals surface area contributed by atoms with Crippen LogP contribution < -0.4 is 4.74 Å². The molecule has 0 spiro atoms. The zero-order chi connectivity index (χ0) is 11.4. The molecule has 3 heteroatoms.